The van der Waals surface area contributed by atoms with Crippen LogP contribution in [0.25, 0.3) is 22.1 Å². The summed E-state index contributed by atoms with van der Waals surface area (Å²) in [7, 11) is 0. The van der Waals surface area contributed by atoms with E-state index in [1.165, 1.54) is 30.5 Å². The van der Waals surface area contributed by atoms with Crippen molar-refractivity contribution in [1.29, 1.82) is 0 Å². The van der Waals surface area contributed by atoms with Gasteiger partial charge in [0.1, 0.15) is 5.75 Å². The average Bonchev–Trinajstić information content (AvgIpc) is 4.52. The average molecular weight is 1090 g/mol. The molecule has 2 saturated carbocycles. The molecule has 19 heteroatoms. The summed E-state index contributed by atoms with van der Waals surface area (Å²) in [6.07, 6.45) is 9.52. The van der Waals surface area contributed by atoms with E-state index in [1.807, 2.05) is 53.3 Å². The monoisotopic (exact) mass is 1090 g/mol. The Bertz CT molecular complexity index is 3060. The third-order valence-electron chi connectivity index (χ3n) is 16.6. The van der Waals surface area contributed by atoms with Gasteiger partial charge in [-0.3, -0.25) is 38.3 Å². The summed E-state index contributed by atoms with van der Waals surface area (Å²) >= 11 is 6.05. The normalized spacial score (nSPS) is 21.5. The quantitative estimate of drug-likeness (QED) is 0.109. The summed E-state index contributed by atoms with van der Waals surface area (Å²) in [5.41, 5.74) is 3.47. The second-order valence-corrected chi connectivity index (χ2v) is 22.1. The molecule has 4 aromatic heterocycles. The molecule has 12 rings (SSSR count). The van der Waals surface area contributed by atoms with E-state index in [2.05, 4.69) is 70.1 Å². The zero-order valence-electron chi connectivity index (χ0n) is 45.7. The Morgan fingerprint density at radius 2 is 0.962 bits per heavy atom. The van der Waals surface area contributed by atoms with Crippen molar-refractivity contribution in [2.45, 2.75) is 148 Å². The Kier molecular flexibility index (Phi) is 17.7. The third-order valence-corrected chi connectivity index (χ3v) is 16.9. The number of anilines is 2. The maximum absolute atomic E-state index is 13.4. The molecule has 6 aromatic rings. The second kappa shape index (κ2) is 24.8. The minimum Gasteiger partial charge on any atom is -0.406 e. The number of ether oxygens (including phenoxy) is 1. The molecule has 0 radical (unpaired) electrons. The van der Waals surface area contributed by atoms with Gasteiger partial charge < -0.3 is 14.5 Å². The SMILES string of the molecule is CC.CCC1CN(c2nc3ncccc3c(=O)n2C2CC2)CCN1C1CCN(Cc2ccc(Cl)cc2)CC1.CCC1CN(c2nc3ncccc3c(=O)n2C2CC2)CCN1C1CCN(Cc2ccc(OC(F)(F)F)cc2)CC1. The van der Waals surface area contributed by atoms with Crippen LogP contribution in [0.2, 0.25) is 5.02 Å². The van der Waals surface area contributed by atoms with E-state index >= 15 is 0 Å². The number of likely N-dealkylation sites (tertiary alicyclic amines) is 2. The van der Waals surface area contributed by atoms with Gasteiger partial charge in [0.05, 0.1) is 10.8 Å². The molecule has 0 bridgehead atoms. The van der Waals surface area contributed by atoms with Crippen LogP contribution in [0.4, 0.5) is 25.1 Å². The number of fused-ring (bicyclic) bond motifs is 2. The van der Waals surface area contributed by atoms with Gasteiger partial charge in [-0.15, -0.1) is 13.2 Å². The molecule has 4 aliphatic heterocycles. The lowest BCUT2D eigenvalue weighted by Crippen LogP contribution is -2.59. The van der Waals surface area contributed by atoms with Crippen molar-refractivity contribution in [3.05, 3.63) is 122 Å². The molecule has 6 aliphatic rings. The third kappa shape index (κ3) is 13.0. The first-order valence-electron chi connectivity index (χ1n) is 28.7. The van der Waals surface area contributed by atoms with Crippen LogP contribution in [0.1, 0.15) is 115 Å². The van der Waals surface area contributed by atoms with Gasteiger partial charge in [-0.25, -0.2) is 9.97 Å². The van der Waals surface area contributed by atoms with Crippen molar-refractivity contribution in [3.63, 3.8) is 0 Å². The van der Waals surface area contributed by atoms with Crippen molar-refractivity contribution in [3.8, 4) is 5.75 Å². The van der Waals surface area contributed by atoms with E-state index in [9.17, 15) is 22.8 Å². The molecule has 2 unspecified atom stereocenters. The Balaban J connectivity index is 0.000000172. The molecular weight excluding hydrogens is 1020 g/mol. The molecule has 15 nitrogen and oxygen atoms in total. The zero-order chi connectivity index (χ0) is 54.5. The van der Waals surface area contributed by atoms with E-state index in [1.54, 1.807) is 30.6 Å². The molecule has 2 atom stereocenters. The van der Waals surface area contributed by atoms with Crippen LogP contribution < -0.4 is 25.7 Å². The van der Waals surface area contributed by atoms with E-state index in [4.69, 9.17) is 21.6 Å². The fraction of sp³-hybridized carbons (Fsp3) is 0.559. The molecule has 2 aliphatic carbocycles. The molecule has 6 fully saturated rings. The van der Waals surface area contributed by atoms with Crippen LogP contribution in [-0.4, -0.2) is 145 Å². The van der Waals surface area contributed by atoms with Gasteiger partial charge >= 0.3 is 6.36 Å². The number of benzene rings is 2. The maximum atomic E-state index is 13.4. The summed E-state index contributed by atoms with van der Waals surface area (Å²) in [5.74, 6) is 1.40. The molecule has 2 aromatic carbocycles. The van der Waals surface area contributed by atoms with Gasteiger partial charge in [0.2, 0.25) is 11.9 Å². The molecule has 4 saturated heterocycles. The van der Waals surface area contributed by atoms with Crippen molar-refractivity contribution in [2.24, 2.45) is 0 Å². The van der Waals surface area contributed by atoms with Crippen LogP contribution in [0.5, 0.6) is 5.75 Å². The molecule has 0 spiro atoms. The number of alkyl halides is 3. The van der Waals surface area contributed by atoms with Crippen LogP contribution >= 0.6 is 11.6 Å². The lowest BCUT2D eigenvalue weighted by molar-refractivity contribution is -0.274. The first-order chi connectivity index (χ1) is 37.9. The number of halogens is 4. The van der Waals surface area contributed by atoms with Gasteiger partial charge in [-0.05, 0) is 150 Å². The molecule has 8 heterocycles. The topological polar surface area (TPSA) is 124 Å². The van der Waals surface area contributed by atoms with Crippen molar-refractivity contribution >= 4 is 45.6 Å². The van der Waals surface area contributed by atoms with E-state index in [-0.39, 0.29) is 29.0 Å². The van der Waals surface area contributed by atoms with Crippen molar-refractivity contribution in [2.75, 3.05) is 75.2 Å². The first-order valence-corrected chi connectivity index (χ1v) is 29.1. The number of pyridine rings is 2. The summed E-state index contributed by atoms with van der Waals surface area (Å²) in [5, 5.41) is 2.01. The lowest BCUT2D eigenvalue weighted by Gasteiger charge is -2.47. The smallest absolute Gasteiger partial charge is 0.406 e. The van der Waals surface area contributed by atoms with Crippen LogP contribution in [0.3, 0.4) is 0 Å². The summed E-state index contributed by atoms with van der Waals surface area (Å²) in [6, 6.07) is 24.2. The van der Waals surface area contributed by atoms with Gasteiger partial charge in [-0.1, -0.05) is 63.6 Å². The Hall–Kier alpha value is -5.66. The van der Waals surface area contributed by atoms with Gasteiger partial charge in [0.25, 0.3) is 11.1 Å². The number of nitrogens with zero attached hydrogens (tertiary/aromatic N) is 12. The molecule has 418 valence electrons. The fourth-order valence-electron chi connectivity index (χ4n) is 12.3. The number of aromatic nitrogens is 6. The lowest BCUT2D eigenvalue weighted by atomic mass is 9.98. The largest absolute Gasteiger partial charge is 0.573 e. The van der Waals surface area contributed by atoms with E-state index in [0.717, 1.165) is 146 Å². The molecule has 0 amide bonds. The van der Waals surface area contributed by atoms with Gasteiger partial charge in [0, 0.05) is 106 Å². The highest BCUT2D eigenvalue weighted by molar-refractivity contribution is 6.30. The summed E-state index contributed by atoms with van der Waals surface area (Å²) in [4.78, 5) is 60.3. The van der Waals surface area contributed by atoms with Crippen molar-refractivity contribution in [1.82, 2.24) is 48.7 Å². The number of hydrogen-bond acceptors (Lipinski definition) is 13. The Morgan fingerprint density at radius 3 is 1.35 bits per heavy atom. The second-order valence-electron chi connectivity index (χ2n) is 21.7. The van der Waals surface area contributed by atoms with Gasteiger partial charge in [0.15, 0.2) is 11.3 Å². The highest BCUT2D eigenvalue weighted by Crippen LogP contribution is 2.39. The number of piperidine rings is 2. The number of rotatable bonds is 13. The Labute approximate surface area is 461 Å². The highest BCUT2D eigenvalue weighted by atomic mass is 35.5. The minimum atomic E-state index is -4.67. The standard InChI is InChI=1S/C29H35F3N6O2.C28H35ClN6O.C2H6/c1-2-21-19-36(28-34-26-25(4-3-13-33-26)27(39)38(28)23-7-8-23)16-17-37(21)22-11-14-35(15-12-22)18-20-5-9-24(10-6-20)40-29(30,31)32;1-2-22-19-33(28-31-26-25(4-3-13-30-26)27(36)35(28)24-9-10-24)16-17-34(22)23-11-14-32(15-12-23)18-20-5-7-21(29)8-6-20;1-2/h3-6,9-10,13,21-23H,2,7-8,11-12,14-19H2,1H3;3-8,13,22-24H,2,9-12,14-19H2,1H3;1-2H3. The predicted molar refractivity (Wildman–Crippen MR) is 303 cm³/mol. The minimum absolute atomic E-state index is 0.0148. The van der Waals surface area contributed by atoms with Crippen molar-refractivity contribution < 1.29 is 17.9 Å². The number of piperazine rings is 2. The summed E-state index contributed by atoms with van der Waals surface area (Å²) in [6.45, 7) is 19.8. The Morgan fingerprint density at radius 1 is 0.551 bits per heavy atom. The van der Waals surface area contributed by atoms with E-state index < -0.39 is 6.36 Å². The van der Waals surface area contributed by atoms with Gasteiger partial charge in [-0.2, -0.15) is 9.97 Å². The molecule has 0 N–H and O–H groups in total. The molecular formula is C59H76ClF3N12O3. The maximum Gasteiger partial charge on any atom is 0.573 e. The zero-order valence-corrected chi connectivity index (χ0v) is 46.5. The predicted octanol–water partition coefficient (Wildman–Crippen LogP) is 9.96. The summed E-state index contributed by atoms with van der Waals surface area (Å²) < 4.78 is 45.2. The highest BCUT2D eigenvalue weighted by Gasteiger charge is 2.39. The fourth-order valence-corrected chi connectivity index (χ4v) is 12.5. The first kappa shape index (κ1) is 55.6. The molecule has 78 heavy (non-hydrogen) atoms. The van der Waals surface area contributed by atoms with Crippen LogP contribution in [-0.2, 0) is 13.1 Å². The van der Waals surface area contributed by atoms with Crippen LogP contribution in [0.15, 0.2) is 94.8 Å². The van der Waals surface area contributed by atoms with Crippen LogP contribution in [0, 0.1) is 0 Å². The number of hydrogen-bond donors (Lipinski definition) is 0. The van der Waals surface area contributed by atoms with E-state index in [0.29, 0.717) is 52.8 Å².